The molecule has 2 aromatic heterocycles. The largest absolute Gasteiger partial charge is 0.356 e. The van der Waals surface area contributed by atoms with E-state index in [-0.39, 0.29) is 28.9 Å². The van der Waals surface area contributed by atoms with Crippen LogP contribution < -0.4 is 5.32 Å². The van der Waals surface area contributed by atoms with Gasteiger partial charge in [-0.1, -0.05) is 6.92 Å². The fourth-order valence-corrected chi connectivity index (χ4v) is 6.10. The number of carbonyl (C=O) groups is 2. The van der Waals surface area contributed by atoms with Crippen LogP contribution >= 0.6 is 11.3 Å². The van der Waals surface area contributed by atoms with E-state index < -0.39 is 15.9 Å². The molecule has 2 aliphatic rings. The van der Waals surface area contributed by atoms with Gasteiger partial charge in [0.05, 0.1) is 5.92 Å². The monoisotopic (exact) mass is 465 g/mol. The molecule has 0 bridgehead atoms. The van der Waals surface area contributed by atoms with Crippen LogP contribution in [0.5, 0.6) is 0 Å². The normalized spacial score (nSPS) is 21.2. The highest BCUT2D eigenvalue weighted by Gasteiger charge is 2.34. The van der Waals surface area contributed by atoms with Crippen molar-refractivity contribution in [2.75, 3.05) is 31.5 Å². The molecule has 0 aliphatic carbocycles. The topological polar surface area (TPSA) is 115 Å². The third-order valence-electron chi connectivity index (χ3n) is 6.01. The van der Waals surface area contributed by atoms with Crippen molar-refractivity contribution < 1.29 is 18.0 Å². The highest BCUT2D eigenvalue weighted by molar-refractivity contribution is 7.89. The summed E-state index contributed by atoms with van der Waals surface area (Å²) in [7, 11) is -3.80. The Kier molecular flexibility index (Phi) is 6.44. The summed E-state index contributed by atoms with van der Waals surface area (Å²) in [5, 5.41) is 5.02. The molecule has 0 aromatic carbocycles. The molecule has 2 aromatic rings. The lowest BCUT2D eigenvalue weighted by atomic mass is 9.99. The van der Waals surface area contributed by atoms with Gasteiger partial charge in [0.25, 0.3) is 5.91 Å². The van der Waals surface area contributed by atoms with Crippen molar-refractivity contribution in [1.82, 2.24) is 19.2 Å². The molecule has 0 saturated carbocycles. The Bertz CT molecular complexity index is 1030. The van der Waals surface area contributed by atoms with E-state index in [1.807, 2.05) is 0 Å². The molecular formula is C20H27N5O4S2. The predicted octanol–water partition coefficient (Wildman–Crippen LogP) is 2.38. The summed E-state index contributed by atoms with van der Waals surface area (Å²) in [5.74, 6) is -0.238. The standard InChI is InChI=1S/C20H27N5O4S2/c1-14-4-8-24(9-5-14)19(27)17-11-16(12-22-17)31(28,29)25-7-2-3-15(13-25)18(26)23-20-21-6-10-30-20/h6,10-12,14-15,22H,2-5,7-9,13H2,1H3,(H,21,23,26). The Balaban J connectivity index is 1.43. The molecule has 9 nitrogen and oxygen atoms in total. The average molecular weight is 466 g/mol. The zero-order valence-electron chi connectivity index (χ0n) is 17.4. The lowest BCUT2D eigenvalue weighted by molar-refractivity contribution is -0.120. The van der Waals surface area contributed by atoms with Crippen LogP contribution in [-0.2, 0) is 14.8 Å². The van der Waals surface area contributed by atoms with Crippen LogP contribution in [0.25, 0.3) is 0 Å². The van der Waals surface area contributed by atoms with E-state index >= 15 is 0 Å². The van der Waals surface area contributed by atoms with E-state index in [1.54, 1.807) is 16.5 Å². The molecule has 4 heterocycles. The molecule has 11 heteroatoms. The average Bonchev–Trinajstić information content (AvgIpc) is 3.46. The first-order valence-electron chi connectivity index (χ1n) is 10.5. The fraction of sp³-hybridized carbons (Fsp3) is 0.550. The molecule has 2 aliphatic heterocycles. The zero-order valence-corrected chi connectivity index (χ0v) is 19.0. The molecular weight excluding hydrogens is 438 g/mol. The number of H-pyrrole nitrogens is 1. The number of amides is 2. The Labute approximate surface area is 185 Å². The van der Waals surface area contributed by atoms with E-state index in [4.69, 9.17) is 0 Å². The Morgan fingerprint density at radius 3 is 2.71 bits per heavy atom. The van der Waals surface area contributed by atoms with Gasteiger partial charge < -0.3 is 15.2 Å². The first-order chi connectivity index (χ1) is 14.8. The molecule has 2 fully saturated rings. The van der Waals surface area contributed by atoms with Gasteiger partial charge in [0.1, 0.15) is 10.6 Å². The molecule has 168 valence electrons. The molecule has 0 radical (unpaired) electrons. The van der Waals surface area contributed by atoms with E-state index in [1.165, 1.54) is 27.9 Å². The smallest absolute Gasteiger partial charge is 0.270 e. The molecule has 4 rings (SSSR count). The summed E-state index contributed by atoms with van der Waals surface area (Å²) in [6.45, 7) is 4.00. The van der Waals surface area contributed by atoms with Crippen molar-refractivity contribution in [1.29, 1.82) is 0 Å². The number of aromatic amines is 1. The summed E-state index contributed by atoms with van der Waals surface area (Å²) in [5.41, 5.74) is 0.281. The maximum absolute atomic E-state index is 13.2. The molecule has 31 heavy (non-hydrogen) atoms. The van der Waals surface area contributed by atoms with Crippen molar-refractivity contribution in [2.24, 2.45) is 11.8 Å². The van der Waals surface area contributed by atoms with E-state index in [9.17, 15) is 18.0 Å². The van der Waals surface area contributed by atoms with E-state index in [0.717, 1.165) is 12.8 Å². The van der Waals surface area contributed by atoms with Gasteiger partial charge in [-0.25, -0.2) is 13.4 Å². The summed E-state index contributed by atoms with van der Waals surface area (Å²) in [4.78, 5) is 34.0. The van der Waals surface area contributed by atoms with Gasteiger partial charge >= 0.3 is 0 Å². The molecule has 2 N–H and O–H groups in total. The maximum atomic E-state index is 13.2. The molecule has 2 saturated heterocycles. The van der Waals surface area contributed by atoms with Gasteiger partial charge in [0.15, 0.2) is 5.13 Å². The van der Waals surface area contributed by atoms with Gasteiger partial charge in [-0.15, -0.1) is 11.3 Å². The lowest BCUT2D eigenvalue weighted by Gasteiger charge is -2.30. The Morgan fingerprint density at radius 2 is 2.00 bits per heavy atom. The van der Waals surface area contributed by atoms with Crippen LogP contribution in [0.1, 0.15) is 43.1 Å². The number of piperidine rings is 2. The number of nitrogens with one attached hydrogen (secondary N) is 2. The van der Waals surface area contributed by atoms with Crippen molar-refractivity contribution in [3.8, 4) is 0 Å². The number of carbonyl (C=O) groups excluding carboxylic acids is 2. The number of likely N-dealkylation sites (tertiary alicyclic amines) is 1. The van der Waals surface area contributed by atoms with Gasteiger partial charge in [-0.05, 0) is 37.7 Å². The second kappa shape index (κ2) is 9.09. The van der Waals surface area contributed by atoms with Gasteiger partial charge in [0.2, 0.25) is 15.9 Å². The number of aromatic nitrogens is 2. The second-order valence-corrected chi connectivity index (χ2v) is 11.1. The van der Waals surface area contributed by atoms with Crippen LogP contribution in [0.3, 0.4) is 0 Å². The minimum atomic E-state index is -3.80. The van der Waals surface area contributed by atoms with Crippen LogP contribution in [-0.4, -0.2) is 65.6 Å². The summed E-state index contributed by atoms with van der Waals surface area (Å²) < 4.78 is 27.7. The van der Waals surface area contributed by atoms with Crippen LogP contribution in [0, 0.1) is 11.8 Å². The first kappa shape index (κ1) is 22.0. The van der Waals surface area contributed by atoms with Gasteiger partial charge in [-0.3, -0.25) is 9.59 Å². The van der Waals surface area contributed by atoms with Crippen molar-refractivity contribution in [3.05, 3.63) is 29.5 Å². The Morgan fingerprint density at radius 1 is 1.23 bits per heavy atom. The molecule has 1 unspecified atom stereocenters. The highest BCUT2D eigenvalue weighted by Crippen LogP contribution is 2.26. The van der Waals surface area contributed by atoms with E-state index in [0.29, 0.717) is 43.5 Å². The number of hydrogen-bond acceptors (Lipinski definition) is 6. The van der Waals surface area contributed by atoms with Crippen LogP contribution in [0.2, 0.25) is 0 Å². The molecule has 0 spiro atoms. The number of hydrogen-bond donors (Lipinski definition) is 2. The van der Waals surface area contributed by atoms with Gasteiger partial charge in [-0.2, -0.15) is 4.31 Å². The number of nitrogens with zero attached hydrogens (tertiary/aromatic N) is 3. The summed E-state index contributed by atoms with van der Waals surface area (Å²) >= 11 is 1.32. The number of anilines is 1. The second-order valence-electron chi connectivity index (χ2n) is 8.25. The minimum absolute atomic E-state index is 0.0576. The van der Waals surface area contributed by atoms with Gasteiger partial charge in [0, 0.05) is 44.0 Å². The number of thiazole rings is 1. The zero-order chi connectivity index (χ0) is 22.0. The minimum Gasteiger partial charge on any atom is -0.356 e. The predicted molar refractivity (Wildman–Crippen MR) is 117 cm³/mol. The summed E-state index contributed by atoms with van der Waals surface area (Å²) in [6.07, 6.45) is 6.10. The maximum Gasteiger partial charge on any atom is 0.270 e. The third-order valence-corrected chi connectivity index (χ3v) is 8.54. The van der Waals surface area contributed by atoms with Crippen LogP contribution in [0.4, 0.5) is 5.13 Å². The third kappa shape index (κ3) is 4.83. The highest BCUT2D eigenvalue weighted by atomic mass is 32.2. The number of rotatable bonds is 5. The van der Waals surface area contributed by atoms with Crippen molar-refractivity contribution >= 4 is 38.3 Å². The summed E-state index contributed by atoms with van der Waals surface area (Å²) in [6, 6.07) is 1.41. The van der Waals surface area contributed by atoms with Crippen LogP contribution in [0.15, 0.2) is 28.7 Å². The van der Waals surface area contributed by atoms with E-state index in [2.05, 4.69) is 22.2 Å². The SMILES string of the molecule is CC1CCN(C(=O)c2cc(S(=O)(=O)N3CCCC(C(=O)Nc4nccs4)C3)c[nH]2)CC1. The lowest BCUT2D eigenvalue weighted by Crippen LogP contribution is -2.43. The van der Waals surface area contributed by atoms with Crippen molar-refractivity contribution in [2.45, 2.75) is 37.5 Å². The Hall–Kier alpha value is -2.24. The fourth-order valence-electron chi connectivity index (χ4n) is 4.05. The molecule has 2 amide bonds. The number of sulfonamides is 1. The molecule has 1 atom stereocenters. The van der Waals surface area contributed by atoms with Crippen molar-refractivity contribution in [3.63, 3.8) is 0 Å². The first-order valence-corrected chi connectivity index (χ1v) is 12.8. The quantitative estimate of drug-likeness (QED) is 0.703.